The summed E-state index contributed by atoms with van der Waals surface area (Å²) < 4.78 is 0. The van der Waals surface area contributed by atoms with Gasteiger partial charge >= 0.3 is 0 Å². The third-order valence-electron chi connectivity index (χ3n) is 2.88. The molecule has 112 valence electrons. The van der Waals surface area contributed by atoms with Gasteiger partial charge in [0, 0.05) is 13.1 Å². The molecule has 0 saturated carbocycles. The first kappa shape index (κ1) is 16.6. The molecule has 0 heterocycles. The highest BCUT2D eigenvalue weighted by Crippen LogP contribution is 2.30. The van der Waals surface area contributed by atoms with Crippen LogP contribution < -0.4 is 10.6 Å². The van der Waals surface area contributed by atoms with Crippen LogP contribution in [-0.4, -0.2) is 13.1 Å². The number of nitrogens with one attached hydrogen (secondary N) is 2. The fraction of sp³-hybridized carbons (Fsp3) is 0.200. The molecule has 0 saturated heterocycles. The van der Waals surface area contributed by atoms with Gasteiger partial charge in [0.1, 0.15) is 0 Å². The number of hydrogen-bond donors (Lipinski definition) is 2. The van der Waals surface area contributed by atoms with E-state index in [-0.39, 0.29) is 0 Å². The van der Waals surface area contributed by atoms with Gasteiger partial charge in [-0.1, -0.05) is 58.5 Å². The molecule has 2 N–H and O–H groups in total. The lowest BCUT2D eigenvalue weighted by Crippen LogP contribution is -2.10. The smallest absolute Gasteiger partial charge is 0.0718 e. The van der Waals surface area contributed by atoms with Crippen LogP contribution in [0.25, 0.3) is 0 Å². The number of para-hydroxylation sites is 2. The highest BCUT2D eigenvalue weighted by atomic mass is 35.5. The minimum absolute atomic E-state index is 0.615. The van der Waals surface area contributed by atoms with Gasteiger partial charge in [-0.05, 0) is 30.7 Å². The first-order valence-corrected chi connectivity index (χ1v) is 7.96. The quantitative estimate of drug-likeness (QED) is 0.595. The molecule has 0 spiro atoms. The standard InChI is InChI=1S/C15H14Cl4N2/c16-10-4-1-5-11(17)14(10)20-8-3-9-21-15-12(18)6-2-7-13(15)19/h1-2,4-7,20-21H,3,8-9H2. The third kappa shape index (κ3) is 4.58. The van der Waals surface area contributed by atoms with Crippen LogP contribution in [0, 0.1) is 0 Å². The van der Waals surface area contributed by atoms with E-state index < -0.39 is 0 Å². The van der Waals surface area contributed by atoms with Crippen molar-refractivity contribution in [1.82, 2.24) is 0 Å². The molecule has 0 fully saturated rings. The van der Waals surface area contributed by atoms with E-state index in [0.717, 1.165) is 30.9 Å². The number of anilines is 2. The summed E-state index contributed by atoms with van der Waals surface area (Å²) in [5, 5.41) is 8.92. The highest BCUT2D eigenvalue weighted by Gasteiger charge is 2.05. The van der Waals surface area contributed by atoms with E-state index in [1.54, 1.807) is 24.3 Å². The van der Waals surface area contributed by atoms with Gasteiger partial charge in [-0.3, -0.25) is 0 Å². The summed E-state index contributed by atoms with van der Waals surface area (Å²) in [6.45, 7) is 1.47. The molecule has 0 amide bonds. The lowest BCUT2D eigenvalue weighted by atomic mass is 10.3. The highest BCUT2D eigenvalue weighted by molar-refractivity contribution is 6.39. The van der Waals surface area contributed by atoms with E-state index in [2.05, 4.69) is 10.6 Å². The summed E-state index contributed by atoms with van der Waals surface area (Å²) in [7, 11) is 0. The Balaban J connectivity index is 1.81. The van der Waals surface area contributed by atoms with Crippen LogP contribution in [-0.2, 0) is 0 Å². The summed E-state index contributed by atoms with van der Waals surface area (Å²) in [5.41, 5.74) is 1.52. The largest absolute Gasteiger partial charge is 0.383 e. The number of benzene rings is 2. The molecule has 21 heavy (non-hydrogen) atoms. The first-order chi connectivity index (χ1) is 10.1. The molecular formula is C15H14Cl4N2. The van der Waals surface area contributed by atoms with Crippen molar-refractivity contribution in [3.63, 3.8) is 0 Å². The zero-order valence-electron chi connectivity index (χ0n) is 11.1. The Morgan fingerprint density at radius 1 is 0.619 bits per heavy atom. The van der Waals surface area contributed by atoms with Crippen LogP contribution >= 0.6 is 46.4 Å². The summed E-state index contributed by atoms with van der Waals surface area (Å²) in [5.74, 6) is 0. The van der Waals surface area contributed by atoms with Crippen LogP contribution in [0.4, 0.5) is 11.4 Å². The van der Waals surface area contributed by atoms with Gasteiger partial charge < -0.3 is 10.6 Å². The second kappa shape index (κ2) is 8.00. The molecule has 0 aliphatic heterocycles. The predicted molar refractivity (Wildman–Crippen MR) is 94.5 cm³/mol. The summed E-state index contributed by atoms with van der Waals surface area (Å²) >= 11 is 24.3. The molecule has 0 aromatic heterocycles. The Kier molecular flexibility index (Phi) is 6.31. The maximum atomic E-state index is 6.08. The Labute approximate surface area is 144 Å². The van der Waals surface area contributed by atoms with Crippen molar-refractivity contribution in [2.45, 2.75) is 6.42 Å². The Morgan fingerprint density at radius 2 is 0.952 bits per heavy atom. The van der Waals surface area contributed by atoms with Crippen molar-refractivity contribution in [2.75, 3.05) is 23.7 Å². The molecule has 2 aromatic carbocycles. The minimum atomic E-state index is 0.615. The molecular weight excluding hydrogens is 350 g/mol. The zero-order valence-corrected chi connectivity index (χ0v) is 14.1. The van der Waals surface area contributed by atoms with Gasteiger partial charge in [-0.15, -0.1) is 0 Å². The van der Waals surface area contributed by atoms with E-state index in [4.69, 9.17) is 46.4 Å². The molecule has 0 bridgehead atoms. The van der Waals surface area contributed by atoms with Crippen LogP contribution in [0.15, 0.2) is 36.4 Å². The molecule has 0 aliphatic carbocycles. The van der Waals surface area contributed by atoms with Gasteiger partial charge in [0.15, 0.2) is 0 Å². The molecule has 6 heteroatoms. The maximum absolute atomic E-state index is 6.08. The topological polar surface area (TPSA) is 24.1 Å². The molecule has 2 aromatic rings. The molecule has 2 rings (SSSR count). The number of hydrogen-bond acceptors (Lipinski definition) is 2. The third-order valence-corrected chi connectivity index (χ3v) is 4.14. The van der Waals surface area contributed by atoms with Gasteiger partial charge in [-0.25, -0.2) is 0 Å². The van der Waals surface area contributed by atoms with E-state index in [1.165, 1.54) is 0 Å². The van der Waals surface area contributed by atoms with Gasteiger partial charge in [-0.2, -0.15) is 0 Å². The second-order valence-electron chi connectivity index (χ2n) is 4.40. The summed E-state index contributed by atoms with van der Waals surface area (Å²) in [4.78, 5) is 0. The van der Waals surface area contributed by atoms with Gasteiger partial charge in [0.25, 0.3) is 0 Å². The molecule has 2 nitrogen and oxygen atoms in total. The van der Waals surface area contributed by atoms with Crippen LogP contribution in [0.5, 0.6) is 0 Å². The Hall–Kier alpha value is -0.800. The minimum Gasteiger partial charge on any atom is -0.383 e. The monoisotopic (exact) mass is 362 g/mol. The van der Waals surface area contributed by atoms with Gasteiger partial charge in [0.2, 0.25) is 0 Å². The first-order valence-electron chi connectivity index (χ1n) is 6.45. The normalized spacial score (nSPS) is 10.5. The Bertz CT molecular complexity index is 523. The van der Waals surface area contributed by atoms with Gasteiger partial charge in [0.05, 0.1) is 31.5 Å². The lowest BCUT2D eigenvalue weighted by molar-refractivity contribution is 0.909. The Morgan fingerprint density at radius 3 is 1.29 bits per heavy atom. The summed E-state index contributed by atoms with van der Waals surface area (Å²) in [6, 6.07) is 10.8. The van der Waals surface area contributed by atoms with Crippen LogP contribution in [0.3, 0.4) is 0 Å². The van der Waals surface area contributed by atoms with Crippen molar-refractivity contribution in [3.05, 3.63) is 56.5 Å². The molecule has 0 unspecified atom stereocenters. The SMILES string of the molecule is Clc1cccc(Cl)c1NCCCNc1c(Cl)cccc1Cl. The number of halogens is 4. The van der Waals surface area contributed by atoms with E-state index in [1.807, 2.05) is 12.1 Å². The average molecular weight is 364 g/mol. The summed E-state index contributed by atoms with van der Waals surface area (Å²) in [6.07, 6.45) is 0.864. The second-order valence-corrected chi connectivity index (χ2v) is 6.03. The van der Waals surface area contributed by atoms with Crippen LogP contribution in [0.2, 0.25) is 20.1 Å². The van der Waals surface area contributed by atoms with Crippen molar-refractivity contribution in [3.8, 4) is 0 Å². The maximum Gasteiger partial charge on any atom is 0.0718 e. The van der Waals surface area contributed by atoms with Crippen LogP contribution in [0.1, 0.15) is 6.42 Å². The predicted octanol–water partition coefficient (Wildman–Crippen LogP) is 6.21. The lowest BCUT2D eigenvalue weighted by Gasteiger charge is -2.12. The fourth-order valence-electron chi connectivity index (χ4n) is 1.85. The molecule has 0 radical (unpaired) electrons. The fourth-order valence-corrected chi connectivity index (χ4v) is 2.91. The van der Waals surface area contributed by atoms with Crippen molar-refractivity contribution in [2.24, 2.45) is 0 Å². The number of rotatable bonds is 6. The van der Waals surface area contributed by atoms with E-state index in [0.29, 0.717) is 20.1 Å². The molecule has 0 aliphatic rings. The zero-order chi connectivity index (χ0) is 15.2. The van der Waals surface area contributed by atoms with Crippen molar-refractivity contribution >= 4 is 57.8 Å². The molecule has 0 atom stereocenters. The van der Waals surface area contributed by atoms with Crippen molar-refractivity contribution < 1.29 is 0 Å². The van der Waals surface area contributed by atoms with E-state index >= 15 is 0 Å². The van der Waals surface area contributed by atoms with E-state index in [9.17, 15) is 0 Å². The van der Waals surface area contributed by atoms with Crippen molar-refractivity contribution in [1.29, 1.82) is 0 Å². The average Bonchev–Trinajstić information content (AvgIpc) is 2.44.